The molecule has 0 amide bonds. The van der Waals surface area contributed by atoms with Crippen LogP contribution in [0, 0.1) is 28.6 Å². The molecule has 0 heterocycles. The van der Waals surface area contributed by atoms with Crippen molar-refractivity contribution >= 4 is 11.4 Å². The van der Waals surface area contributed by atoms with E-state index in [0.29, 0.717) is 0 Å². The quantitative estimate of drug-likeness (QED) is 0.454. The molecule has 0 fully saturated rings. The zero-order chi connectivity index (χ0) is 9.28. The van der Waals surface area contributed by atoms with Gasteiger partial charge < -0.3 is 0 Å². The molecular weight excluding hydrogens is 355 g/mol. The van der Waals surface area contributed by atoms with Crippen LogP contribution in [0.15, 0.2) is 0 Å². The van der Waals surface area contributed by atoms with Crippen LogP contribution in [0.5, 0.6) is 0 Å². The zero-order valence-electron chi connectivity index (χ0n) is 4.85. The molecule has 11 heavy (non-hydrogen) atoms. The standard InChI is InChI=1S/3CN.Au.H2O3S/c3*1-2;;1-4(2)3/h;;;;(H2,1,2,3). The normalized spacial score (nSPS) is 7.82. The second-order valence-electron chi connectivity index (χ2n) is 0.659. The summed E-state index contributed by atoms with van der Waals surface area (Å²) >= 11 is -4.94. The Bertz CT molecular complexity index is 211. The molecule has 0 aliphatic rings. The van der Waals surface area contributed by atoms with Crippen LogP contribution < -0.4 is 0 Å². The average Bonchev–Trinajstić information content (AvgIpc) is 1.90. The fraction of sp³-hybridized carbons (Fsp3) is 0. The molecular formula is C3H2AuN3O3S. The molecule has 0 aliphatic heterocycles. The molecule has 0 aliphatic carbocycles. The van der Waals surface area contributed by atoms with Crippen molar-refractivity contribution in [3.05, 3.63) is 0 Å². The Morgan fingerprint density at radius 3 is 1.27 bits per heavy atom. The number of hydrogen-bond acceptors (Lipinski definition) is 4. The Hall–Kier alpha value is -0.720. The van der Waals surface area contributed by atoms with Crippen molar-refractivity contribution in [2.75, 3.05) is 0 Å². The maximum Gasteiger partial charge on any atom is 0.299 e. The molecule has 0 rings (SSSR count). The molecule has 0 unspecified atom stereocenters. The van der Waals surface area contributed by atoms with Gasteiger partial charge in [-0.05, 0) is 0 Å². The molecule has 6 nitrogen and oxygen atoms in total. The Balaban J connectivity index is 0. The van der Waals surface area contributed by atoms with Crippen molar-refractivity contribution in [3.8, 4) is 12.9 Å². The SMILES string of the molecule is N#[C][Au]([C]#N)[C]#N.O=S(O)O. The van der Waals surface area contributed by atoms with E-state index < -0.39 is 29.8 Å². The van der Waals surface area contributed by atoms with Crippen molar-refractivity contribution in [3.63, 3.8) is 0 Å². The third-order valence-corrected chi connectivity index (χ3v) is 1.66. The maximum atomic E-state index is 8.67. The molecule has 0 atom stereocenters. The first-order chi connectivity index (χ1) is 5.08. The van der Waals surface area contributed by atoms with Gasteiger partial charge in [0.1, 0.15) is 0 Å². The van der Waals surface area contributed by atoms with Gasteiger partial charge in [0, 0.05) is 0 Å². The first-order valence-corrected chi connectivity index (χ1v) is 5.97. The summed E-state index contributed by atoms with van der Waals surface area (Å²) in [5.74, 6) is 0. The molecule has 0 aromatic heterocycles. The van der Waals surface area contributed by atoms with Gasteiger partial charge >= 0.3 is 47.1 Å². The van der Waals surface area contributed by atoms with Crippen molar-refractivity contribution in [1.82, 2.24) is 0 Å². The zero-order valence-corrected chi connectivity index (χ0v) is 7.84. The number of nitrogens with zero attached hydrogens (tertiary/aromatic N) is 3. The summed E-state index contributed by atoms with van der Waals surface area (Å²) in [6.07, 6.45) is 0. The molecule has 64 valence electrons. The van der Waals surface area contributed by atoms with Crippen molar-refractivity contribution in [2.24, 2.45) is 0 Å². The molecule has 0 aromatic carbocycles. The topological polar surface area (TPSA) is 129 Å². The van der Waals surface area contributed by atoms with E-state index >= 15 is 0 Å². The van der Waals surface area contributed by atoms with Crippen LogP contribution in [0.3, 0.4) is 0 Å². The summed E-state index contributed by atoms with van der Waals surface area (Å²) in [6, 6.07) is 0. The molecule has 0 aromatic rings. The summed E-state index contributed by atoms with van der Waals surface area (Å²) < 4.78 is 27.7. The largest absolute Gasteiger partial charge is 0.299 e. The maximum absolute atomic E-state index is 8.67. The summed E-state index contributed by atoms with van der Waals surface area (Å²) in [5, 5.41) is 23.7. The van der Waals surface area contributed by atoms with Crippen LogP contribution in [0.1, 0.15) is 0 Å². The summed E-state index contributed by atoms with van der Waals surface area (Å²) in [7, 11) is 0. The fourth-order valence-corrected chi connectivity index (χ4v) is 0.370. The first-order valence-electron chi connectivity index (χ1n) is 1.65. The molecule has 0 radical (unpaired) electrons. The van der Waals surface area contributed by atoms with E-state index in [9.17, 15) is 0 Å². The summed E-state index contributed by atoms with van der Waals surface area (Å²) in [4.78, 5) is 0. The van der Waals surface area contributed by atoms with Gasteiger partial charge in [0.15, 0.2) is 0 Å². The third kappa shape index (κ3) is 17.6. The van der Waals surface area contributed by atoms with E-state index in [-0.39, 0.29) is 0 Å². The Morgan fingerprint density at radius 1 is 1.09 bits per heavy atom. The molecule has 0 saturated heterocycles. The van der Waals surface area contributed by atoms with Crippen molar-refractivity contribution in [2.45, 2.75) is 0 Å². The van der Waals surface area contributed by atoms with Crippen LogP contribution in [0.4, 0.5) is 0 Å². The predicted molar refractivity (Wildman–Crippen MR) is 30.2 cm³/mol. The Morgan fingerprint density at radius 2 is 1.27 bits per heavy atom. The molecule has 2 N–H and O–H groups in total. The van der Waals surface area contributed by atoms with E-state index in [0.717, 1.165) is 0 Å². The molecule has 0 saturated carbocycles. The van der Waals surface area contributed by atoms with Crippen LogP contribution in [-0.2, 0) is 29.8 Å². The minimum absolute atomic E-state index is 1.63. The summed E-state index contributed by atoms with van der Waals surface area (Å²) in [5.41, 5.74) is 0. The molecule has 0 bridgehead atoms. The van der Waals surface area contributed by atoms with Gasteiger partial charge in [-0.2, -0.15) is 4.21 Å². The van der Waals surface area contributed by atoms with Crippen LogP contribution >= 0.6 is 0 Å². The van der Waals surface area contributed by atoms with Crippen LogP contribution in [0.25, 0.3) is 0 Å². The first kappa shape index (κ1) is 12.9. The van der Waals surface area contributed by atoms with E-state index in [2.05, 4.69) is 0 Å². The van der Waals surface area contributed by atoms with E-state index in [1.807, 2.05) is 0 Å². The third-order valence-electron chi connectivity index (χ3n) is 0.202. The van der Waals surface area contributed by atoms with Gasteiger partial charge in [0.25, 0.3) is 11.4 Å². The number of nitriles is 3. The minimum Gasteiger partial charge on any atom is -0.284 e. The van der Waals surface area contributed by atoms with E-state index in [1.165, 1.54) is 0 Å². The average molecular weight is 357 g/mol. The van der Waals surface area contributed by atoms with Crippen molar-refractivity contribution < 1.29 is 31.8 Å². The van der Waals surface area contributed by atoms with Gasteiger partial charge in [0.05, 0.1) is 0 Å². The van der Waals surface area contributed by atoms with Gasteiger partial charge in [-0.15, -0.1) is 0 Å². The molecule has 8 heteroatoms. The van der Waals surface area contributed by atoms with Gasteiger partial charge in [-0.1, -0.05) is 0 Å². The fourth-order valence-electron chi connectivity index (χ4n) is 0.0452. The smallest absolute Gasteiger partial charge is 0.284 e. The van der Waals surface area contributed by atoms with Gasteiger partial charge in [-0.3, -0.25) is 9.11 Å². The van der Waals surface area contributed by atoms with Crippen molar-refractivity contribution in [1.29, 1.82) is 15.8 Å². The monoisotopic (exact) mass is 357 g/mol. The Kier molecular flexibility index (Phi) is 10.9. The van der Waals surface area contributed by atoms with Gasteiger partial charge in [-0.25, -0.2) is 0 Å². The minimum atomic E-state index is -2.61. The molecule has 0 spiro atoms. The summed E-state index contributed by atoms with van der Waals surface area (Å²) in [6.45, 7) is 0. The Labute approximate surface area is 71.9 Å². The second kappa shape index (κ2) is 9.28. The van der Waals surface area contributed by atoms with E-state index in [1.54, 1.807) is 12.9 Å². The second-order valence-corrected chi connectivity index (χ2v) is 4.20. The van der Waals surface area contributed by atoms with Gasteiger partial charge in [0.2, 0.25) is 0 Å². The van der Waals surface area contributed by atoms with Crippen LogP contribution in [0.2, 0.25) is 0 Å². The predicted octanol–water partition coefficient (Wildman–Crippen LogP) is -0.271. The van der Waals surface area contributed by atoms with Crippen LogP contribution in [-0.4, -0.2) is 13.3 Å². The number of rotatable bonds is 0. The number of hydrogen-bond donors (Lipinski definition) is 2. The van der Waals surface area contributed by atoms with E-state index in [4.69, 9.17) is 29.1 Å².